The monoisotopic (exact) mass is 464 g/mol. The number of anilines is 2. The highest BCUT2D eigenvalue weighted by atomic mass is 79.9. The molecule has 1 amide bonds. The molecule has 8 heteroatoms. The number of nitrogens with one attached hydrogen (secondary N) is 2. The van der Waals surface area contributed by atoms with Crippen LogP contribution in [0.5, 0.6) is 0 Å². The Morgan fingerprint density at radius 1 is 0.889 bits per heavy atom. The van der Waals surface area contributed by atoms with E-state index in [-0.39, 0.29) is 16.1 Å². The van der Waals surface area contributed by atoms with Crippen molar-refractivity contribution in [1.29, 1.82) is 0 Å². The minimum Gasteiger partial charge on any atom is -0.322 e. The maximum absolute atomic E-state index is 12.6. The number of halogens is 2. The van der Waals surface area contributed by atoms with Crippen LogP contribution in [0.4, 0.5) is 11.4 Å². The fourth-order valence-electron chi connectivity index (χ4n) is 2.32. The molecule has 0 aliphatic carbocycles. The van der Waals surface area contributed by atoms with Gasteiger partial charge in [0.25, 0.3) is 15.9 Å². The molecule has 0 radical (unpaired) electrons. The standard InChI is InChI=1S/C19H14BrClN2O3S/c20-13-5-11-16(12-6-13)27(25,26)23-18-4-2-1-3-17(18)19(24)22-15-9-7-14(21)8-10-15/h1-12,23H,(H,22,24). The van der Waals surface area contributed by atoms with E-state index in [0.717, 1.165) is 4.47 Å². The lowest BCUT2D eigenvalue weighted by Crippen LogP contribution is -2.18. The summed E-state index contributed by atoms with van der Waals surface area (Å²) in [5.41, 5.74) is 0.940. The molecule has 0 spiro atoms. The van der Waals surface area contributed by atoms with Crippen LogP contribution in [0.25, 0.3) is 0 Å². The lowest BCUT2D eigenvalue weighted by molar-refractivity contribution is 0.102. The zero-order chi connectivity index (χ0) is 19.4. The van der Waals surface area contributed by atoms with Crippen LogP contribution >= 0.6 is 27.5 Å². The number of sulfonamides is 1. The van der Waals surface area contributed by atoms with E-state index >= 15 is 0 Å². The fraction of sp³-hybridized carbons (Fsp3) is 0. The summed E-state index contributed by atoms with van der Waals surface area (Å²) in [4.78, 5) is 12.7. The molecule has 138 valence electrons. The first kappa shape index (κ1) is 19.4. The topological polar surface area (TPSA) is 75.3 Å². The molecule has 2 N–H and O–H groups in total. The number of carbonyl (C=O) groups is 1. The summed E-state index contributed by atoms with van der Waals surface area (Å²) in [6.07, 6.45) is 0. The highest BCUT2D eigenvalue weighted by Gasteiger charge is 2.18. The van der Waals surface area contributed by atoms with Crippen molar-refractivity contribution >= 4 is 54.8 Å². The van der Waals surface area contributed by atoms with Crippen LogP contribution in [0.15, 0.2) is 82.2 Å². The first-order chi connectivity index (χ1) is 12.8. The van der Waals surface area contributed by atoms with Crippen molar-refractivity contribution in [3.8, 4) is 0 Å². The van der Waals surface area contributed by atoms with Crippen LogP contribution in [0.3, 0.4) is 0 Å². The average Bonchev–Trinajstić information content (AvgIpc) is 2.64. The third-order valence-electron chi connectivity index (χ3n) is 3.64. The van der Waals surface area contributed by atoms with Crippen molar-refractivity contribution in [2.24, 2.45) is 0 Å². The van der Waals surface area contributed by atoms with E-state index < -0.39 is 15.9 Å². The fourth-order valence-corrected chi connectivity index (χ4v) is 3.79. The molecule has 27 heavy (non-hydrogen) atoms. The Hall–Kier alpha value is -2.35. The summed E-state index contributed by atoms with van der Waals surface area (Å²) in [7, 11) is -3.83. The van der Waals surface area contributed by atoms with Crippen LogP contribution < -0.4 is 10.0 Å². The van der Waals surface area contributed by atoms with E-state index in [1.165, 1.54) is 18.2 Å². The molecule has 0 atom stereocenters. The maximum atomic E-state index is 12.6. The molecule has 0 aliphatic rings. The second-order valence-corrected chi connectivity index (χ2v) is 8.60. The Kier molecular flexibility index (Phi) is 5.84. The third kappa shape index (κ3) is 4.88. The van der Waals surface area contributed by atoms with E-state index in [1.807, 2.05) is 0 Å². The zero-order valence-electron chi connectivity index (χ0n) is 13.8. The molecule has 0 fully saturated rings. The Labute approximate surface area is 170 Å². The lowest BCUT2D eigenvalue weighted by Gasteiger charge is -2.13. The number of amides is 1. The van der Waals surface area contributed by atoms with E-state index in [1.54, 1.807) is 54.6 Å². The molecule has 3 aromatic carbocycles. The van der Waals surface area contributed by atoms with E-state index in [9.17, 15) is 13.2 Å². The maximum Gasteiger partial charge on any atom is 0.261 e. The summed E-state index contributed by atoms with van der Waals surface area (Å²) in [5.74, 6) is -0.438. The van der Waals surface area contributed by atoms with Crippen molar-refractivity contribution in [1.82, 2.24) is 0 Å². The molecule has 0 heterocycles. The number of benzene rings is 3. The second-order valence-electron chi connectivity index (χ2n) is 5.57. The van der Waals surface area contributed by atoms with Gasteiger partial charge in [-0.15, -0.1) is 0 Å². The molecule has 0 saturated heterocycles. The quantitative estimate of drug-likeness (QED) is 0.547. The number of para-hydroxylation sites is 1. The first-order valence-electron chi connectivity index (χ1n) is 7.79. The summed E-state index contributed by atoms with van der Waals surface area (Å²) in [5, 5.41) is 3.27. The second kappa shape index (κ2) is 8.12. The number of hydrogen-bond acceptors (Lipinski definition) is 3. The Balaban J connectivity index is 1.86. The number of rotatable bonds is 5. The molecule has 0 aromatic heterocycles. The molecule has 0 bridgehead atoms. The molecular formula is C19H14BrClN2O3S. The van der Waals surface area contributed by atoms with Gasteiger partial charge in [-0.25, -0.2) is 8.42 Å². The normalized spacial score (nSPS) is 11.0. The minimum atomic E-state index is -3.83. The van der Waals surface area contributed by atoms with Gasteiger partial charge in [-0.3, -0.25) is 9.52 Å². The van der Waals surface area contributed by atoms with Crippen LogP contribution in [0, 0.1) is 0 Å². The van der Waals surface area contributed by atoms with Gasteiger partial charge in [0.05, 0.1) is 16.1 Å². The van der Waals surface area contributed by atoms with Gasteiger partial charge in [-0.2, -0.15) is 0 Å². The van der Waals surface area contributed by atoms with Gasteiger partial charge < -0.3 is 5.32 Å². The zero-order valence-corrected chi connectivity index (χ0v) is 17.0. The molecule has 3 aromatic rings. The smallest absolute Gasteiger partial charge is 0.261 e. The largest absolute Gasteiger partial charge is 0.322 e. The van der Waals surface area contributed by atoms with Crippen molar-refractivity contribution in [3.63, 3.8) is 0 Å². The predicted molar refractivity (Wildman–Crippen MR) is 111 cm³/mol. The molecule has 0 aliphatic heterocycles. The van der Waals surface area contributed by atoms with Gasteiger partial charge in [0, 0.05) is 15.2 Å². The molecule has 0 unspecified atom stereocenters. The number of hydrogen-bond donors (Lipinski definition) is 2. The third-order valence-corrected chi connectivity index (χ3v) is 5.80. The minimum absolute atomic E-state index is 0.0959. The summed E-state index contributed by atoms with van der Waals surface area (Å²) >= 11 is 9.11. The molecule has 5 nitrogen and oxygen atoms in total. The van der Waals surface area contributed by atoms with Crippen molar-refractivity contribution in [3.05, 3.63) is 87.9 Å². The summed E-state index contributed by atoms with van der Waals surface area (Å²) in [6.45, 7) is 0. The SMILES string of the molecule is O=C(Nc1ccc(Cl)cc1)c1ccccc1NS(=O)(=O)c1ccc(Br)cc1. The number of carbonyl (C=O) groups excluding carboxylic acids is 1. The summed E-state index contributed by atoms with van der Waals surface area (Å²) < 4.78 is 28.5. The average molecular weight is 466 g/mol. The summed E-state index contributed by atoms with van der Waals surface area (Å²) in [6, 6.07) is 19.2. The molecular weight excluding hydrogens is 452 g/mol. The van der Waals surface area contributed by atoms with Crippen molar-refractivity contribution in [2.45, 2.75) is 4.90 Å². The first-order valence-corrected chi connectivity index (χ1v) is 10.4. The van der Waals surface area contributed by atoms with Crippen LogP contribution in [-0.4, -0.2) is 14.3 Å². The highest BCUT2D eigenvalue weighted by molar-refractivity contribution is 9.10. The molecule has 3 rings (SSSR count). The van der Waals surface area contributed by atoms with Gasteiger partial charge in [0.2, 0.25) is 0 Å². The lowest BCUT2D eigenvalue weighted by atomic mass is 10.1. The Bertz CT molecular complexity index is 1070. The van der Waals surface area contributed by atoms with Crippen LogP contribution in [0.1, 0.15) is 10.4 Å². The van der Waals surface area contributed by atoms with E-state index in [2.05, 4.69) is 26.0 Å². The van der Waals surface area contributed by atoms with Gasteiger partial charge in [-0.1, -0.05) is 39.7 Å². The highest BCUT2D eigenvalue weighted by Crippen LogP contribution is 2.23. The Morgan fingerprint density at radius 3 is 2.19 bits per heavy atom. The van der Waals surface area contributed by atoms with Crippen LogP contribution in [0.2, 0.25) is 5.02 Å². The predicted octanol–water partition coefficient (Wildman–Crippen LogP) is 5.16. The van der Waals surface area contributed by atoms with Gasteiger partial charge in [-0.05, 0) is 60.7 Å². The van der Waals surface area contributed by atoms with Crippen molar-refractivity contribution < 1.29 is 13.2 Å². The Morgan fingerprint density at radius 2 is 1.52 bits per heavy atom. The van der Waals surface area contributed by atoms with Crippen molar-refractivity contribution in [2.75, 3.05) is 10.0 Å². The van der Waals surface area contributed by atoms with E-state index in [4.69, 9.17) is 11.6 Å². The van der Waals surface area contributed by atoms with Gasteiger partial charge in [0.1, 0.15) is 0 Å². The van der Waals surface area contributed by atoms with Gasteiger partial charge >= 0.3 is 0 Å². The molecule has 0 saturated carbocycles. The van der Waals surface area contributed by atoms with E-state index in [0.29, 0.717) is 10.7 Å². The van der Waals surface area contributed by atoms with Crippen LogP contribution in [-0.2, 0) is 10.0 Å². The van der Waals surface area contributed by atoms with Gasteiger partial charge in [0.15, 0.2) is 0 Å².